The van der Waals surface area contributed by atoms with E-state index >= 15 is 0 Å². The van der Waals surface area contributed by atoms with Crippen LogP contribution in [0, 0.1) is 23.2 Å². The van der Waals surface area contributed by atoms with Gasteiger partial charge in [-0.3, -0.25) is 13.8 Å². The molecule has 4 rings (SSSR count). The summed E-state index contributed by atoms with van der Waals surface area (Å²) in [6, 6.07) is 3.51. The highest BCUT2D eigenvalue weighted by Gasteiger charge is 2.62. The molecule has 1 unspecified atom stereocenters. The molecule has 2 saturated carbocycles. The molecule has 8 atom stereocenters. The first-order chi connectivity index (χ1) is 21.4. The van der Waals surface area contributed by atoms with E-state index in [9.17, 15) is 27.6 Å². The molecule has 1 aromatic rings. The number of alkyl carbamates (subject to hydrolysis) is 1. The summed E-state index contributed by atoms with van der Waals surface area (Å²) in [6.45, 7) is 13.0. The molecule has 2 aliphatic carbocycles. The number of esters is 1. The number of halogens is 1. The second-order valence-electron chi connectivity index (χ2n) is 13.8. The number of hydrogen-bond acceptors (Lipinski definition) is 9. The van der Waals surface area contributed by atoms with Crippen molar-refractivity contribution in [2.45, 2.75) is 95.0 Å². The third kappa shape index (κ3) is 7.76. The molecule has 3 aliphatic rings. The lowest BCUT2D eigenvalue weighted by atomic mass is 9.85. The van der Waals surface area contributed by atoms with Gasteiger partial charge in [-0.15, -0.1) is 6.58 Å². The molecule has 3 amide bonds. The lowest BCUT2D eigenvalue weighted by Gasteiger charge is -2.35. The summed E-state index contributed by atoms with van der Waals surface area (Å²) in [4.78, 5) is 54.9. The number of carbonyl (C=O) groups is 4. The number of nitrogens with one attached hydrogen (secondary N) is 2. The summed E-state index contributed by atoms with van der Waals surface area (Å²) < 4.78 is 43.2. The van der Waals surface area contributed by atoms with Crippen LogP contribution in [0.15, 0.2) is 46.3 Å². The van der Waals surface area contributed by atoms with Crippen LogP contribution in [0.2, 0.25) is 0 Å². The summed E-state index contributed by atoms with van der Waals surface area (Å²) in [5.74, 6) is -1.54. The molecule has 3 fully saturated rings. The summed E-state index contributed by atoms with van der Waals surface area (Å²) in [7, 11) is -3.06. The van der Waals surface area contributed by atoms with Gasteiger partial charge in [-0.2, -0.15) is 8.42 Å². The minimum atomic E-state index is -4.27. The summed E-state index contributed by atoms with van der Waals surface area (Å²) >= 11 is 3.28. The molecule has 1 saturated heterocycles. The first-order valence-corrected chi connectivity index (χ1v) is 17.6. The lowest BCUT2D eigenvalue weighted by Crippen LogP contribution is -2.59. The van der Waals surface area contributed by atoms with Gasteiger partial charge in [-0.05, 0) is 60.8 Å². The van der Waals surface area contributed by atoms with Crippen molar-refractivity contribution in [1.29, 1.82) is 0 Å². The Morgan fingerprint density at radius 2 is 1.67 bits per heavy atom. The van der Waals surface area contributed by atoms with E-state index in [1.54, 1.807) is 39.0 Å². The van der Waals surface area contributed by atoms with Crippen molar-refractivity contribution in [2.24, 2.45) is 23.2 Å². The number of benzene rings is 1. The molecule has 46 heavy (non-hydrogen) atoms. The fourth-order valence-electron chi connectivity index (χ4n) is 6.29. The van der Waals surface area contributed by atoms with Crippen LogP contribution in [-0.4, -0.2) is 80.7 Å². The Bertz CT molecular complexity index is 1450. The van der Waals surface area contributed by atoms with Crippen molar-refractivity contribution in [3.8, 4) is 0 Å². The molecule has 1 aliphatic heterocycles. The van der Waals surface area contributed by atoms with Gasteiger partial charge in [-0.25, -0.2) is 9.59 Å². The van der Waals surface area contributed by atoms with Crippen LogP contribution in [-0.2, 0) is 38.2 Å². The molecule has 12 nitrogen and oxygen atoms in total. The van der Waals surface area contributed by atoms with Gasteiger partial charge >= 0.3 is 12.1 Å². The minimum absolute atomic E-state index is 0.0922. The summed E-state index contributed by atoms with van der Waals surface area (Å²) in [5, 5.41) is 5.45. The molecule has 0 spiro atoms. The van der Waals surface area contributed by atoms with Crippen LogP contribution >= 0.6 is 15.9 Å². The maximum absolute atomic E-state index is 14.3. The number of nitrogens with zero attached hydrogens (tertiary/aromatic N) is 1. The Balaban J connectivity index is 1.59. The lowest BCUT2D eigenvalue weighted by molar-refractivity contribution is -0.148. The van der Waals surface area contributed by atoms with Crippen molar-refractivity contribution in [3.63, 3.8) is 0 Å². The molecule has 0 radical (unpaired) electrons. The number of ether oxygens (including phenoxy) is 2. The van der Waals surface area contributed by atoms with Gasteiger partial charge in [0.05, 0.1) is 18.1 Å². The predicted octanol–water partition coefficient (Wildman–Crippen LogP) is 3.93. The third-order valence-electron chi connectivity index (χ3n) is 9.30. The average molecular weight is 727 g/mol. The quantitative estimate of drug-likeness (QED) is 0.207. The fourth-order valence-corrected chi connectivity index (χ4v) is 7.63. The van der Waals surface area contributed by atoms with Crippen molar-refractivity contribution >= 4 is 49.9 Å². The zero-order chi connectivity index (χ0) is 34.2. The van der Waals surface area contributed by atoms with Crippen molar-refractivity contribution in [3.05, 3.63) is 41.4 Å². The highest BCUT2D eigenvalue weighted by molar-refractivity contribution is 9.10. The first kappa shape index (κ1) is 35.9. The van der Waals surface area contributed by atoms with Crippen molar-refractivity contribution in [1.82, 2.24) is 15.5 Å². The van der Waals surface area contributed by atoms with Crippen LogP contribution in [0.5, 0.6) is 0 Å². The number of hydrogen-bond donors (Lipinski definition) is 2. The zero-order valence-electron chi connectivity index (χ0n) is 27.1. The van der Waals surface area contributed by atoms with Crippen LogP contribution in [0.4, 0.5) is 4.79 Å². The van der Waals surface area contributed by atoms with Gasteiger partial charge in [0.2, 0.25) is 11.8 Å². The number of rotatable bonds is 10. The molecule has 14 heteroatoms. The first-order valence-electron chi connectivity index (χ1n) is 15.4. The van der Waals surface area contributed by atoms with E-state index in [-0.39, 0.29) is 36.3 Å². The molecule has 1 aromatic carbocycles. The van der Waals surface area contributed by atoms with Gasteiger partial charge in [0.1, 0.15) is 23.7 Å². The van der Waals surface area contributed by atoms with Gasteiger partial charge < -0.3 is 25.0 Å². The number of amides is 3. The number of likely N-dealkylation sites (tertiary alicyclic amines) is 1. The van der Waals surface area contributed by atoms with Crippen molar-refractivity contribution in [2.75, 3.05) is 13.7 Å². The monoisotopic (exact) mass is 725 g/mol. The van der Waals surface area contributed by atoms with Crippen LogP contribution in [0.3, 0.4) is 0 Å². The van der Waals surface area contributed by atoms with E-state index in [2.05, 4.69) is 47.0 Å². The normalized spacial score (nSPS) is 29.8. The molecule has 0 aromatic heterocycles. The summed E-state index contributed by atoms with van der Waals surface area (Å²) in [5.41, 5.74) is -2.17. The molecule has 254 valence electrons. The van der Waals surface area contributed by atoms with Crippen LogP contribution in [0.25, 0.3) is 0 Å². The Morgan fingerprint density at radius 1 is 1.07 bits per heavy atom. The average Bonchev–Trinajstić information content (AvgIpc) is 3.38. The topological polar surface area (TPSA) is 157 Å². The second kappa shape index (κ2) is 13.6. The Kier molecular flexibility index (Phi) is 10.6. The highest BCUT2D eigenvalue weighted by Crippen LogP contribution is 2.45. The fraction of sp³-hybridized carbons (Fsp3) is 0.625. The van der Waals surface area contributed by atoms with Crippen LogP contribution in [0.1, 0.15) is 60.3 Å². The van der Waals surface area contributed by atoms with E-state index < -0.39 is 63.1 Å². The van der Waals surface area contributed by atoms with Gasteiger partial charge in [0.15, 0.2) is 0 Å². The van der Waals surface area contributed by atoms with Crippen LogP contribution < -0.4 is 10.6 Å². The standard InChI is InChI=1S/C32H44BrN3O9S/c1-8-20-16-32(20,29(39)43-7)35-27(37)25-15-23(45-46(41,42)24-11-9-21(33)10-12-24)17-36(25)28(38)26(31(4,5)6)34-30(40)44-22-13-18(2)19(3)14-22/h8-12,18-20,22-23,25-26H,1,13-17H2,2-7H3,(H,34,40)(H,35,37)/t18-,19+,20-,22?,23+,25+,26-,32-/m1/s1. The Hall–Kier alpha value is -2.97. The zero-order valence-corrected chi connectivity index (χ0v) is 29.5. The Labute approximate surface area is 279 Å². The largest absolute Gasteiger partial charge is 0.467 e. The van der Waals surface area contributed by atoms with Gasteiger partial charge in [-0.1, -0.05) is 56.6 Å². The number of methoxy groups -OCH3 is 1. The van der Waals surface area contributed by atoms with Gasteiger partial charge in [0.25, 0.3) is 10.1 Å². The molecular formula is C32H44BrN3O9S. The maximum atomic E-state index is 14.3. The molecule has 2 N–H and O–H groups in total. The highest BCUT2D eigenvalue weighted by atomic mass is 79.9. The smallest absolute Gasteiger partial charge is 0.408 e. The van der Waals surface area contributed by atoms with E-state index in [1.807, 2.05) is 0 Å². The van der Waals surface area contributed by atoms with E-state index in [1.165, 1.54) is 24.1 Å². The minimum Gasteiger partial charge on any atom is -0.467 e. The molecular weight excluding hydrogens is 682 g/mol. The second-order valence-corrected chi connectivity index (χ2v) is 16.3. The SMILES string of the molecule is C=C[C@@H]1C[C@]1(NC(=O)[C@@H]1C[C@H](OS(=O)(=O)c2ccc(Br)cc2)CN1C(=O)[C@@H](NC(=O)OC1C[C@@H](C)[C@@H](C)C1)C(C)(C)C)C(=O)OC. The number of carbonyl (C=O) groups excluding carboxylic acids is 4. The molecule has 1 heterocycles. The maximum Gasteiger partial charge on any atom is 0.408 e. The predicted molar refractivity (Wildman–Crippen MR) is 172 cm³/mol. The molecule has 0 bridgehead atoms. The Morgan fingerprint density at radius 3 is 2.20 bits per heavy atom. The van der Waals surface area contributed by atoms with E-state index in [4.69, 9.17) is 13.7 Å². The van der Waals surface area contributed by atoms with E-state index in [0.717, 1.165) is 12.8 Å². The van der Waals surface area contributed by atoms with Crippen molar-refractivity contribution < 1.29 is 41.3 Å². The third-order valence-corrected chi connectivity index (χ3v) is 11.2. The summed E-state index contributed by atoms with van der Waals surface area (Å²) in [6.07, 6.45) is 0.952. The van der Waals surface area contributed by atoms with Gasteiger partial charge in [0, 0.05) is 23.4 Å². The van der Waals surface area contributed by atoms with E-state index in [0.29, 0.717) is 16.3 Å².